The van der Waals surface area contributed by atoms with E-state index in [0.717, 1.165) is 44.8 Å². The fourth-order valence-corrected chi connectivity index (χ4v) is 2.56. The van der Waals surface area contributed by atoms with Crippen molar-refractivity contribution in [1.82, 2.24) is 29.7 Å². The van der Waals surface area contributed by atoms with Gasteiger partial charge in [0.05, 0.1) is 6.33 Å². The third-order valence-corrected chi connectivity index (χ3v) is 3.71. The molecule has 0 aromatic carbocycles. The minimum Gasteiger partial charge on any atom is -0.382 e. The van der Waals surface area contributed by atoms with Gasteiger partial charge in [-0.25, -0.2) is 15.0 Å². The first-order valence-electron chi connectivity index (χ1n) is 7.14. The summed E-state index contributed by atoms with van der Waals surface area (Å²) in [6.07, 6.45) is 4.77. The SMILES string of the molecule is Nc1ncnc2c1ncn2CCCN1CCNC(=O)CC1. The summed E-state index contributed by atoms with van der Waals surface area (Å²) in [5.41, 5.74) is 7.20. The Morgan fingerprint density at radius 2 is 2.14 bits per heavy atom. The number of anilines is 1. The summed E-state index contributed by atoms with van der Waals surface area (Å²) >= 11 is 0. The van der Waals surface area contributed by atoms with Gasteiger partial charge in [0.1, 0.15) is 11.8 Å². The van der Waals surface area contributed by atoms with Gasteiger partial charge in [0.15, 0.2) is 11.5 Å². The van der Waals surface area contributed by atoms with Gasteiger partial charge >= 0.3 is 0 Å². The number of aromatic nitrogens is 4. The first kappa shape index (κ1) is 13.7. The Bertz CT molecular complexity index is 638. The van der Waals surface area contributed by atoms with Crippen molar-refractivity contribution < 1.29 is 4.79 Å². The summed E-state index contributed by atoms with van der Waals surface area (Å²) < 4.78 is 1.99. The molecule has 0 spiro atoms. The van der Waals surface area contributed by atoms with E-state index in [2.05, 4.69) is 25.2 Å². The molecule has 0 bridgehead atoms. The number of aryl methyl sites for hydroxylation is 1. The number of nitrogens with zero attached hydrogens (tertiary/aromatic N) is 5. The Kier molecular flexibility index (Phi) is 3.96. The largest absolute Gasteiger partial charge is 0.382 e. The van der Waals surface area contributed by atoms with Crippen molar-refractivity contribution in [3.8, 4) is 0 Å². The summed E-state index contributed by atoms with van der Waals surface area (Å²) in [4.78, 5) is 26.0. The van der Waals surface area contributed by atoms with Gasteiger partial charge in [-0.1, -0.05) is 0 Å². The van der Waals surface area contributed by atoms with Crippen molar-refractivity contribution in [2.75, 3.05) is 31.9 Å². The molecule has 1 aliphatic heterocycles. The molecule has 21 heavy (non-hydrogen) atoms. The van der Waals surface area contributed by atoms with Crippen molar-refractivity contribution in [1.29, 1.82) is 0 Å². The van der Waals surface area contributed by atoms with E-state index in [4.69, 9.17) is 5.73 Å². The highest BCUT2D eigenvalue weighted by molar-refractivity contribution is 5.81. The van der Waals surface area contributed by atoms with Crippen LogP contribution in [0.15, 0.2) is 12.7 Å². The maximum atomic E-state index is 11.3. The minimum atomic E-state index is 0.144. The lowest BCUT2D eigenvalue weighted by Gasteiger charge is -2.18. The van der Waals surface area contributed by atoms with E-state index in [1.165, 1.54) is 6.33 Å². The molecule has 3 rings (SSSR count). The molecular formula is C13H19N7O. The van der Waals surface area contributed by atoms with Gasteiger partial charge in [-0.3, -0.25) is 4.79 Å². The second-order valence-corrected chi connectivity index (χ2v) is 5.16. The van der Waals surface area contributed by atoms with Crippen LogP contribution in [-0.2, 0) is 11.3 Å². The van der Waals surface area contributed by atoms with Crippen molar-refractivity contribution >= 4 is 22.9 Å². The van der Waals surface area contributed by atoms with Crippen LogP contribution in [0.2, 0.25) is 0 Å². The van der Waals surface area contributed by atoms with Crippen LogP contribution in [0.1, 0.15) is 12.8 Å². The molecule has 0 aliphatic carbocycles. The predicted molar refractivity (Wildman–Crippen MR) is 78.4 cm³/mol. The molecule has 1 saturated heterocycles. The van der Waals surface area contributed by atoms with Crippen LogP contribution in [0.25, 0.3) is 11.2 Å². The summed E-state index contributed by atoms with van der Waals surface area (Å²) in [6, 6.07) is 0. The highest BCUT2D eigenvalue weighted by Crippen LogP contribution is 2.14. The van der Waals surface area contributed by atoms with Crippen LogP contribution in [0.3, 0.4) is 0 Å². The van der Waals surface area contributed by atoms with Crippen molar-refractivity contribution in [2.24, 2.45) is 0 Å². The molecule has 2 aromatic heterocycles. The number of amides is 1. The zero-order valence-electron chi connectivity index (χ0n) is 11.8. The van der Waals surface area contributed by atoms with E-state index >= 15 is 0 Å². The van der Waals surface area contributed by atoms with Gasteiger partial charge in [-0.15, -0.1) is 0 Å². The molecule has 2 aromatic rings. The molecule has 1 amide bonds. The Labute approximate surface area is 122 Å². The fourth-order valence-electron chi connectivity index (χ4n) is 2.56. The quantitative estimate of drug-likeness (QED) is 0.795. The number of hydrogen-bond acceptors (Lipinski definition) is 6. The van der Waals surface area contributed by atoms with Crippen LogP contribution in [-0.4, -0.2) is 56.5 Å². The Morgan fingerprint density at radius 3 is 3.05 bits per heavy atom. The second-order valence-electron chi connectivity index (χ2n) is 5.16. The number of carbonyl (C=O) groups is 1. The third-order valence-electron chi connectivity index (χ3n) is 3.71. The smallest absolute Gasteiger partial charge is 0.221 e. The molecule has 112 valence electrons. The summed E-state index contributed by atoms with van der Waals surface area (Å²) in [7, 11) is 0. The van der Waals surface area contributed by atoms with Crippen LogP contribution < -0.4 is 11.1 Å². The predicted octanol–water partition coefficient (Wildman–Crippen LogP) is -0.380. The standard InChI is InChI=1S/C13H19N7O/c14-12-11-13(17-8-16-12)20(9-18-11)5-1-4-19-6-2-10(21)15-3-7-19/h8-9H,1-7H2,(H,15,21)(H2,14,16,17). The van der Waals surface area contributed by atoms with E-state index in [-0.39, 0.29) is 5.91 Å². The summed E-state index contributed by atoms with van der Waals surface area (Å²) in [5.74, 6) is 0.557. The summed E-state index contributed by atoms with van der Waals surface area (Å²) in [5, 5.41) is 2.88. The van der Waals surface area contributed by atoms with Gasteiger partial charge in [0, 0.05) is 32.6 Å². The number of rotatable bonds is 4. The number of nitrogens with one attached hydrogen (secondary N) is 1. The molecule has 1 fully saturated rings. The maximum Gasteiger partial charge on any atom is 0.221 e. The van der Waals surface area contributed by atoms with Crippen LogP contribution >= 0.6 is 0 Å². The molecule has 3 heterocycles. The summed E-state index contributed by atoms with van der Waals surface area (Å²) in [6.45, 7) is 4.24. The van der Waals surface area contributed by atoms with Gasteiger partial charge in [-0.2, -0.15) is 0 Å². The Morgan fingerprint density at radius 1 is 1.24 bits per heavy atom. The molecule has 0 radical (unpaired) electrons. The molecule has 0 unspecified atom stereocenters. The zero-order chi connectivity index (χ0) is 14.7. The number of nitrogens with two attached hydrogens (primary N) is 1. The van der Waals surface area contributed by atoms with E-state index in [1.54, 1.807) is 6.33 Å². The Hall–Kier alpha value is -2.22. The topological polar surface area (TPSA) is 102 Å². The molecule has 3 N–H and O–H groups in total. The lowest BCUT2D eigenvalue weighted by atomic mass is 10.3. The number of carbonyl (C=O) groups excluding carboxylic acids is 1. The van der Waals surface area contributed by atoms with E-state index in [1.807, 2.05) is 4.57 Å². The minimum absolute atomic E-state index is 0.144. The first-order chi connectivity index (χ1) is 10.2. The van der Waals surface area contributed by atoms with Gasteiger partial charge in [0.2, 0.25) is 5.91 Å². The Balaban J connectivity index is 1.57. The second kappa shape index (κ2) is 6.04. The van der Waals surface area contributed by atoms with E-state index < -0.39 is 0 Å². The molecule has 0 saturated carbocycles. The van der Waals surface area contributed by atoms with E-state index in [0.29, 0.717) is 17.8 Å². The van der Waals surface area contributed by atoms with Gasteiger partial charge in [-0.05, 0) is 13.0 Å². The fraction of sp³-hybridized carbons (Fsp3) is 0.538. The maximum absolute atomic E-state index is 11.3. The van der Waals surface area contributed by atoms with Crippen molar-refractivity contribution in [3.63, 3.8) is 0 Å². The average molecular weight is 289 g/mol. The number of fused-ring (bicyclic) bond motifs is 1. The van der Waals surface area contributed by atoms with Crippen LogP contribution in [0.5, 0.6) is 0 Å². The number of imidazole rings is 1. The van der Waals surface area contributed by atoms with Crippen LogP contribution in [0, 0.1) is 0 Å². The van der Waals surface area contributed by atoms with Crippen molar-refractivity contribution in [3.05, 3.63) is 12.7 Å². The monoisotopic (exact) mass is 289 g/mol. The van der Waals surface area contributed by atoms with E-state index in [9.17, 15) is 4.79 Å². The zero-order valence-corrected chi connectivity index (χ0v) is 11.8. The van der Waals surface area contributed by atoms with Crippen molar-refractivity contribution in [2.45, 2.75) is 19.4 Å². The third kappa shape index (κ3) is 3.10. The molecule has 1 aliphatic rings. The van der Waals surface area contributed by atoms with Gasteiger partial charge in [0.25, 0.3) is 0 Å². The normalized spacial score (nSPS) is 16.9. The van der Waals surface area contributed by atoms with Crippen LogP contribution in [0.4, 0.5) is 5.82 Å². The average Bonchev–Trinajstić information content (AvgIpc) is 2.77. The molecule has 8 nitrogen and oxygen atoms in total. The lowest BCUT2D eigenvalue weighted by molar-refractivity contribution is -0.120. The lowest BCUT2D eigenvalue weighted by Crippen LogP contribution is -2.29. The highest BCUT2D eigenvalue weighted by atomic mass is 16.1. The highest BCUT2D eigenvalue weighted by Gasteiger charge is 2.13. The molecule has 8 heteroatoms. The van der Waals surface area contributed by atoms with Gasteiger partial charge < -0.3 is 20.5 Å². The number of hydrogen-bond donors (Lipinski definition) is 2. The molecule has 0 atom stereocenters. The first-order valence-corrected chi connectivity index (χ1v) is 7.14. The number of nitrogen functional groups attached to an aromatic ring is 1. The molecular weight excluding hydrogens is 270 g/mol.